The summed E-state index contributed by atoms with van der Waals surface area (Å²) in [6, 6.07) is -0.569. The van der Waals surface area contributed by atoms with Crippen LogP contribution >= 0.6 is 0 Å². The van der Waals surface area contributed by atoms with Crippen LogP contribution in [0.5, 0.6) is 0 Å². The van der Waals surface area contributed by atoms with Crippen LogP contribution in [0.2, 0.25) is 0 Å². The van der Waals surface area contributed by atoms with E-state index in [0.717, 1.165) is 11.5 Å². The molecule has 212 valence electrons. The van der Waals surface area contributed by atoms with Gasteiger partial charge in [0.05, 0.1) is 22.2 Å². The number of anilines is 1. The van der Waals surface area contributed by atoms with Crippen LogP contribution in [0.15, 0.2) is 9.59 Å². The maximum Gasteiger partial charge on any atom is 0.428 e. The number of alkyl halides is 9. The van der Waals surface area contributed by atoms with Gasteiger partial charge < -0.3 is 15.1 Å². The molecule has 2 aromatic rings. The molecule has 2 heterocycles. The number of aromatic nitrogens is 2. The summed E-state index contributed by atoms with van der Waals surface area (Å²) in [7, 11) is 0. The van der Waals surface area contributed by atoms with Gasteiger partial charge in [-0.25, -0.2) is 22.4 Å². The maximum absolute atomic E-state index is 15.5. The number of aryl methyl sites for hydroxylation is 1. The van der Waals surface area contributed by atoms with E-state index in [1.807, 2.05) is 4.98 Å². The number of hydrogen-bond acceptors (Lipinski definition) is 5. The third-order valence-corrected chi connectivity index (χ3v) is 7.00. The summed E-state index contributed by atoms with van der Waals surface area (Å²) in [4.78, 5) is 27.2. The molecule has 4 rings (SSSR count). The Hall–Kier alpha value is -2.82. The van der Waals surface area contributed by atoms with Gasteiger partial charge in [-0.1, -0.05) is 0 Å². The van der Waals surface area contributed by atoms with Gasteiger partial charge in [-0.3, -0.25) is 14.3 Å². The Balaban J connectivity index is 1.90. The molecular weight excluding hydrogens is 548 g/mol. The third kappa shape index (κ3) is 4.04. The molecule has 3 unspecified atom stereocenters. The first-order valence-electron chi connectivity index (χ1n) is 11.1. The van der Waals surface area contributed by atoms with Crippen LogP contribution in [0.1, 0.15) is 36.4 Å². The highest BCUT2D eigenvalue weighted by atomic mass is 19.4. The Morgan fingerprint density at radius 2 is 1.58 bits per heavy atom. The van der Waals surface area contributed by atoms with E-state index in [0.29, 0.717) is 17.7 Å². The van der Waals surface area contributed by atoms with Crippen LogP contribution in [0.3, 0.4) is 0 Å². The van der Waals surface area contributed by atoms with Gasteiger partial charge in [0.2, 0.25) is 0 Å². The number of aliphatic hydroxyl groups excluding tert-OH is 1. The number of nitrogens with zero attached hydrogens (tertiary/aromatic N) is 2. The van der Waals surface area contributed by atoms with E-state index in [2.05, 4.69) is 0 Å². The van der Waals surface area contributed by atoms with Gasteiger partial charge in [0.25, 0.3) is 17.6 Å². The molecule has 0 spiro atoms. The van der Waals surface area contributed by atoms with Crippen molar-refractivity contribution in [2.45, 2.75) is 62.5 Å². The van der Waals surface area contributed by atoms with Gasteiger partial charge in [-0.15, -0.1) is 0 Å². The lowest BCUT2D eigenvalue weighted by Gasteiger charge is -2.38. The monoisotopic (exact) mass is 567 g/mol. The van der Waals surface area contributed by atoms with E-state index < -0.39 is 101 Å². The molecule has 3 N–H and O–H groups in total. The summed E-state index contributed by atoms with van der Waals surface area (Å²) in [5.41, 5.74) is -11.4. The van der Waals surface area contributed by atoms with Crippen LogP contribution in [-0.4, -0.2) is 63.1 Å². The highest BCUT2D eigenvalue weighted by Crippen LogP contribution is 2.49. The lowest BCUT2D eigenvalue weighted by atomic mass is 9.84. The largest absolute Gasteiger partial charge is 0.428 e. The average molecular weight is 567 g/mol. The molecule has 1 aromatic carbocycles. The third-order valence-electron chi connectivity index (χ3n) is 7.00. The SMILES string of the molecule is Cc1c(N2CC(F)C(C(O)C(O)(C(F)(F)F)C(F)(F)F)C2)c(F)c(C(F)F)c2c(=O)[nH]c(=O)n(C3CC3)c12. The van der Waals surface area contributed by atoms with E-state index in [1.54, 1.807) is 0 Å². The topological polar surface area (TPSA) is 98.6 Å². The Morgan fingerprint density at radius 3 is 2.05 bits per heavy atom. The zero-order valence-corrected chi connectivity index (χ0v) is 19.1. The zero-order chi connectivity index (χ0) is 28.7. The van der Waals surface area contributed by atoms with E-state index in [1.165, 1.54) is 0 Å². The average Bonchev–Trinajstić information content (AvgIpc) is 3.53. The van der Waals surface area contributed by atoms with E-state index >= 15 is 4.39 Å². The van der Waals surface area contributed by atoms with E-state index in [9.17, 15) is 59.3 Å². The van der Waals surface area contributed by atoms with Crippen molar-refractivity contribution in [3.05, 3.63) is 37.8 Å². The highest BCUT2D eigenvalue weighted by molar-refractivity contribution is 5.90. The van der Waals surface area contributed by atoms with E-state index in [-0.39, 0.29) is 5.56 Å². The van der Waals surface area contributed by atoms with Crippen molar-refractivity contribution in [2.75, 3.05) is 18.0 Å². The fraction of sp³-hybridized carbons (Fsp3) is 0.619. The number of aromatic amines is 1. The zero-order valence-electron chi connectivity index (χ0n) is 19.1. The Morgan fingerprint density at radius 1 is 1.03 bits per heavy atom. The minimum absolute atomic E-state index is 0.374. The smallest absolute Gasteiger partial charge is 0.389 e. The molecule has 2 aliphatic rings. The summed E-state index contributed by atoms with van der Waals surface area (Å²) in [5, 5.41) is 18.6. The molecule has 0 bridgehead atoms. The molecule has 1 saturated carbocycles. The summed E-state index contributed by atoms with van der Waals surface area (Å²) in [5.74, 6) is -4.40. The second-order valence-corrected chi connectivity index (χ2v) is 9.38. The summed E-state index contributed by atoms with van der Waals surface area (Å²) >= 11 is 0. The van der Waals surface area contributed by atoms with Crippen LogP contribution in [0.4, 0.5) is 49.6 Å². The molecule has 38 heavy (non-hydrogen) atoms. The van der Waals surface area contributed by atoms with E-state index in [4.69, 9.17) is 0 Å². The molecule has 17 heteroatoms. The molecule has 0 radical (unpaired) electrons. The number of hydrogen-bond donors (Lipinski definition) is 3. The van der Waals surface area contributed by atoms with Gasteiger partial charge in [0, 0.05) is 30.6 Å². The van der Waals surface area contributed by atoms with Gasteiger partial charge in [0.15, 0.2) is 5.82 Å². The molecular formula is C21H19F10N3O4. The predicted octanol–water partition coefficient (Wildman–Crippen LogP) is 3.40. The van der Waals surface area contributed by atoms with Crippen molar-refractivity contribution in [1.29, 1.82) is 0 Å². The normalized spacial score (nSPS) is 22.1. The number of halogens is 10. The first-order valence-corrected chi connectivity index (χ1v) is 11.1. The molecule has 7 nitrogen and oxygen atoms in total. The first-order chi connectivity index (χ1) is 17.3. The number of nitrogens with one attached hydrogen (secondary N) is 1. The lowest BCUT2D eigenvalue weighted by molar-refractivity contribution is -0.396. The quantitative estimate of drug-likeness (QED) is 0.482. The number of H-pyrrole nitrogens is 1. The minimum atomic E-state index is -6.49. The summed E-state index contributed by atoms with van der Waals surface area (Å²) in [6.45, 7) is -1.36. The predicted molar refractivity (Wildman–Crippen MR) is 110 cm³/mol. The van der Waals surface area contributed by atoms with Gasteiger partial charge in [-0.05, 0) is 19.8 Å². The first kappa shape index (κ1) is 28.2. The molecule has 1 aliphatic carbocycles. The minimum Gasteiger partial charge on any atom is -0.389 e. The highest BCUT2D eigenvalue weighted by Gasteiger charge is 2.75. The van der Waals surface area contributed by atoms with Crippen LogP contribution < -0.4 is 16.1 Å². The van der Waals surface area contributed by atoms with Crippen molar-refractivity contribution >= 4 is 16.6 Å². The second-order valence-electron chi connectivity index (χ2n) is 9.38. The fourth-order valence-corrected chi connectivity index (χ4v) is 5.02. The second kappa shape index (κ2) is 8.86. The van der Waals surface area contributed by atoms with Crippen LogP contribution in [0, 0.1) is 18.7 Å². The molecule has 2 fully saturated rings. The lowest BCUT2D eigenvalue weighted by Crippen LogP contribution is -2.66. The summed E-state index contributed by atoms with van der Waals surface area (Å²) < 4.78 is 139. The van der Waals surface area contributed by atoms with Crippen molar-refractivity contribution in [3.63, 3.8) is 0 Å². The number of rotatable bonds is 5. The standard InChI is InChI=1S/C21H19F10N3O4/c1-6-13-11(17(36)32-18(37)34(13)7-2-3-7)10(16(24)25)12(23)14(6)33-4-8(9(22)5-33)15(35)19(38,20(26,27)28)21(29,30)31/h7-9,15-16,35,38H,2-5H2,1H3,(H,32,36,37). The van der Waals surface area contributed by atoms with Gasteiger partial charge in [0.1, 0.15) is 12.3 Å². The van der Waals surface area contributed by atoms with Gasteiger partial charge in [-0.2, -0.15) is 26.3 Å². The van der Waals surface area contributed by atoms with Crippen molar-refractivity contribution in [3.8, 4) is 0 Å². The maximum atomic E-state index is 15.5. The van der Waals surface area contributed by atoms with Crippen LogP contribution in [0.25, 0.3) is 10.9 Å². The molecule has 0 amide bonds. The Kier molecular flexibility index (Phi) is 6.57. The molecule has 1 aromatic heterocycles. The number of aliphatic hydroxyl groups is 2. The number of benzene rings is 1. The molecule has 1 saturated heterocycles. The summed E-state index contributed by atoms with van der Waals surface area (Å²) in [6.07, 6.45) is -22.4. The Bertz CT molecular complexity index is 1370. The fourth-order valence-electron chi connectivity index (χ4n) is 5.02. The van der Waals surface area contributed by atoms with Gasteiger partial charge >= 0.3 is 18.0 Å². The molecule has 1 aliphatic heterocycles. The van der Waals surface area contributed by atoms with Crippen molar-refractivity contribution < 1.29 is 54.1 Å². The molecule has 3 atom stereocenters. The number of fused-ring (bicyclic) bond motifs is 1. The van der Waals surface area contributed by atoms with Crippen molar-refractivity contribution in [1.82, 2.24) is 9.55 Å². The van der Waals surface area contributed by atoms with Crippen molar-refractivity contribution in [2.24, 2.45) is 5.92 Å². The Labute approximate surface area is 205 Å². The van der Waals surface area contributed by atoms with Crippen LogP contribution in [-0.2, 0) is 0 Å².